The quantitative estimate of drug-likeness (QED) is 0.629. The number of likely N-dealkylation sites (tertiary alicyclic amines) is 1. The minimum absolute atomic E-state index is 0.0429. The lowest BCUT2D eigenvalue weighted by Gasteiger charge is -2.41. The van der Waals surface area contributed by atoms with Crippen LogP contribution in [0.1, 0.15) is 50.2 Å². The average molecular weight is 468 g/mol. The Kier molecular flexibility index (Phi) is 8.05. The molecule has 1 fully saturated rings. The number of para-hydroxylation sites is 1. The molecule has 176 valence electrons. The third-order valence-corrected chi connectivity index (χ3v) is 7.02. The van der Waals surface area contributed by atoms with Crippen LogP contribution in [-0.2, 0) is 22.7 Å². The molecule has 0 atom stereocenters. The van der Waals surface area contributed by atoms with Crippen LogP contribution in [0.2, 0.25) is 5.02 Å². The Bertz CT molecular complexity index is 956. The normalized spacial score (nSPS) is 18.6. The maximum Gasteiger partial charge on any atom is 0.228 e. The molecular formula is C27H34ClN3O2. The largest absolute Gasteiger partial charge is 0.338 e. The number of nitrogens with zero attached hydrogens (tertiary/aromatic N) is 3. The van der Waals surface area contributed by atoms with Gasteiger partial charge in [0, 0.05) is 56.9 Å². The summed E-state index contributed by atoms with van der Waals surface area (Å²) in [5.74, 6) is 0.346. The van der Waals surface area contributed by atoms with Gasteiger partial charge < -0.3 is 9.80 Å². The molecule has 2 amide bonds. The molecule has 0 N–H and O–H groups in total. The van der Waals surface area contributed by atoms with Crippen LogP contribution in [0, 0.1) is 5.92 Å². The van der Waals surface area contributed by atoms with Crippen LogP contribution >= 0.6 is 11.6 Å². The lowest BCUT2D eigenvalue weighted by Crippen LogP contribution is -2.54. The first kappa shape index (κ1) is 23.8. The van der Waals surface area contributed by atoms with Crippen molar-refractivity contribution in [2.45, 2.75) is 52.1 Å². The summed E-state index contributed by atoms with van der Waals surface area (Å²) < 4.78 is 0. The number of benzene rings is 2. The SMILES string of the molecule is CC(=O)N1CCCCCCCN(C(=O)C2CN(Cc3ccc(Cl)cc3)C2)Cc2ccccc21. The van der Waals surface area contributed by atoms with Gasteiger partial charge in [-0.05, 0) is 42.2 Å². The van der Waals surface area contributed by atoms with Gasteiger partial charge in [-0.1, -0.05) is 61.2 Å². The smallest absolute Gasteiger partial charge is 0.228 e. The molecule has 1 saturated heterocycles. The van der Waals surface area contributed by atoms with E-state index in [1.807, 2.05) is 52.3 Å². The second-order valence-electron chi connectivity index (χ2n) is 9.34. The lowest BCUT2D eigenvalue weighted by atomic mass is 9.96. The zero-order valence-corrected chi connectivity index (χ0v) is 20.3. The molecule has 0 bridgehead atoms. The molecule has 2 aliphatic heterocycles. The number of fused-ring (bicyclic) bond motifs is 1. The van der Waals surface area contributed by atoms with Gasteiger partial charge in [-0.15, -0.1) is 0 Å². The second-order valence-corrected chi connectivity index (χ2v) is 9.78. The van der Waals surface area contributed by atoms with E-state index in [1.54, 1.807) is 6.92 Å². The van der Waals surface area contributed by atoms with Crippen molar-refractivity contribution < 1.29 is 9.59 Å². The standard InChI is InChI=1S/C27H34ClN3O2/c1-21(32)31-16-8-4-2-3-7-15-30(20-23-9-5-6-10-26(23)31)27(33)24-18-29(19-24)17-22-11-13-25(28)14-12-22/h5-6,9-14,24H,2-4,7-8,15-20H2,1H3. The van der Waals surface area contributed by atoms with Crippen LogP contribution in [0.3, 0.4) is 0 Å². The van der Waals surface area contributed by atoms with Crippen LogP contribution < -0.4 is 4.90 Å². The molecule has 2 aliphatic rings. The van der Waals surface area contributed by atoms with Gasteiger partial charge in [0.25, 0.3) is 0 Å². The molecule has 0 spiro atoms. The third-order valence-electron chi connectivity index (χ3n) is 6.77. The summed E-state index contributed by atoms with van der Waals surface area (Å²) >= 11 is 5.99. The highest BCUT2D eigenvalue weighted by molar-refractivity contribution is 6.30. The lowest BCUT2D eigenvalue weighted by molar-refractivity contribution is -0.142. The number of carbonyl (C=O) groups excluding carboxylic acids is 2. The molecular weight excluding hydrogens is 434 g/mol. The number of rotatable bonds is 3. The number of hydrogen-bond acceptors (Lipinski definition) is 3. The molecule has 2 heterocycles. The van der Waals surface area contributed by atoms with Gasteiger partial charge in [0.2, 0.25) is 11.8 Å². The summed E-state index contributed by atoms with van der Waals surface area (Å²) in [6, 6.07) is 16.0. The minimum atomic E-state index is 0.0429. The van der Waals surface area contributed by atoms with Crippen molar-refractivity contribution >= 4 is 29.1 Å². The molecule has 0 radical (unpaired) electrons. The summed E-state index contributed by atoms with van der Waals surface area (Å²) in [6.45, 7) is 6.14. The summed E-state index contributed by atoms with van der Waals surface area (Å²) in [4.78, 5) is 32.1. The van der Waals surface area contributed by atoms with Gasteiger partial charge in [0.05, 0.1) is 5.92 Å². The van der Waals surface area contributed by atoms with Gasteiger partial charge >= 0.3 is 0 Å². The summed E-state index contributed by atoms with van der Waals surface area (Å²) in [5, 5.41) is 0.745. The molecule has 5 nitrogen and oxygen atoms in total. The van der Waals surface area contributed by atoms with E-state index in [-0.39, 0.29) is 17.7 Å². The van der Waals surface area contributed by atoms with Crippen molar-refractivity contribution in [1.82, 2.24) is 9.80 Å². The van der Waals surface area contributed by atoms with Crippen molar-refractivity contribution in [1.29, 1.82) is 0 Å². The third kappa shape index (κ3) is 6.15. The number of amides is 2. The van der Waals surface area contributed by atoms with Crippen molar-refractivity contribution in [2.75, 3.05) is 31.1 Å². The van der Waals surface area contributed by atoms with E-state index in [1.165, 1.54) is 5.56 Å². The maximum atomic E-state index is 13.5. The Morgan fingerprint density at radius 3 is 2.30 bits per heavy atom. The van der Waals surface area contributed by atoms with Crippen LogP contribution in [0.25, 0.3) is 0 Å². The van der Waals surface area contributed by atoms with E-state index in [0.29, 0.717) is 6.54 Å². The predicted molar refractivity (Wildman–Crippen MR) is 133 cm³/mol. The van der Waals surface area contributed by atoms with Crippen molar-refractivity contribution in [3.63, 3.8) is 0 Å². The molecule has 2 aromatic rings. The van der Waals surface area contributed by atoms with E-state index in [2.05, 4.69) is 11.0 Å². The van der Waals surface area contributed by atoms with Gasteiger partial charge in [-0.25, -0.2) is 0 Å². The summed E-state index contributed by atoms with van der Waals surface area (Å²) in [7, 11) is 0. The topological polar surface area (TPSA) is 43.9 Å². The van der Waals surface area contributed by atoms with Gasteiger partial charge in [-0.3, -0.25) is 14.5 Å². The zero-order valence-electron chi connectivity index (χ0n) is 19.5. The van der Waals surface area contributed by atoms with Crippen LogP contribution in [0.4, 0.5) is 5.69 Å². The Morgan fingerprint density at radius 2 is 1.58 bits per heavy atom. The molecule has 4 rings (SSSR count). The van der Waals surface area contributed by atoms with Crippen molar-refractivity contribution in [3.05, 3.63) is 64.7 Å². The van der Waals surface area contributed by atoms with E-state index in [4.69, 9.17) is 11.6 Å². The molecule has 0 saturated carbocycles. The molecule has 33 heavy (non-hydrogen) atoms. The number of hydrogen-bond donors (Lipinski definition) is 0. The van der Waals surface area contributed by atoms with E-state index < -0.39 is 0 Å². The zero-order chi connectivity index (χ0) is 23.2. The molecule has 6 heteroatoms. The summed E-state index contributed by atoms with van der Waals surface area (Å²) in [6.07, 6.45) is 5.43. The van der Waals surface area contributed by atoms with Gasteiger partial charge in [-0.2, -0.15) is 0 Å². The van der Waals surface area contributed by atoms with Crippen LogP contribution in [-0.4, -0.2) is 47.8 Å². The summed E-state index contributed by atoms with van der Waals surface area (Å²) in [5.41, 5.74) is 3.22. The highest BCUT2D eigenvalue weighted by Gasteiger charge is 2.35. The molecule has 0 aliphatic carbocycles. The highest BCUT2D eigenvalue weighted by Crippen LogP contribution is 2.27. The number of anilines is 1. The van der Waals surface area contributed by atoms with Crippen molar-refractivity contribution in [3.8, 4) is 0 Å². The van der Waals surface area contributed by atoms with E-state index in [9.17, 15) is 9.59 Å². The predicted octanol–water partition coefficient (Wildman–Crippen LogP) is 5.12. The number of carbonyl (C=O) groups is 2. The highest BCUT2D eigenvalue weighted by atomic mass is 35.5. The van der Waals surface area contributed by atoms with Crippen LogP contribution in [0.15, 0.2) is 48.5 Å². The average Bonchev–Trinajstić information content (AvgIpc) is 2.77. The Balaban J connectivity index is 1.44. The maximum absolute atomic E-state index is 13.5. The van der Waals surface area contributed by atoms with Gasteiger partial charge in [0.1, 0.15) is 0 Å². The molecule has 2 aromatic carbocycles. The fraction of sp³-hybridized carbons (Fsp3) is 0.481. The van der Waals surface area contributed by atoms with Crippen molar-refractivity contribution in [2.24, 2.45) is 5.92 Å². The Hall–Kier alpha value is -2.37. The minimum Gasteiger partial charge on any atom is -0.338 e. The monoisotopic (exact) mass is 467 g/mol. The first-order valence-electron chi connectivity index (χ1n) is 12.1. The van der Waals surface area contributed by atoms with E-state index >= 15 is 0 Å². The number of halogens is 1. The first-order chi connectivity index (χ1) is 16.0. The second kappa shape index (κ2) is 11.2. The van der Waals surface area contributed by atoms with Gasteiger partial charge in [0.15, 0.2) is 0 Å². The molecule has 0 aromatic heterocycles. The Labute approximate surface area is 202 Å². The fourth-order valence-corrected chi connectivity index (χ4v) is 5.02. The molecule has 0 unspecified atom stereocenters. The van der Waals surface area contributed by atoms with E-state index in [0.717, 1.165) is 81.1 Å². The fourth-order valence-electron chi connectivity index (χ4n) is 4.89. The Morgan fingerprint density at radius 1 is 0.909 bits per heavy atom. The van der Waals surface area contributed by atoms with Crippen LogP contribution in [0.5, 0.6) is 0 Å². The first-order valence-corrected chi connectivity index (χ1v) is 12.5.